The van der Waals surface area contributed by atoms with Crippen LogP contribution >= 0.6 is 0 Å². The van der Waals surface area contributed by atoms with Crippen LogP contribution in [0.15, 0.2) is 0 Å². The van der Waals surface area contributed by atoms with Crippen LogP contribution in [0.25, 0.3) is 0 Å². The maximum atomic E-state index is 5.43. The highest BCUT2D eigenvalue weighted by molar-refractivity contribution is 4.53. The molecule has 0 aliphatic carbocycles. The van der Waals surface area contributed by atoms with E-state index in [4.69, 9.17) is 18.9 Å². The van der Waals surface area contributed by atoms with Crippen LogP contribution in [0.3, 0.4) is 0 Å². The van der Waals surface area contributed by atoms with E-state index in [0.29, 0.717) is 13.2 Å². The number of rotatable bonds is 10. The van der Waals surface area contributed by atoms with E-state index < -0.39 is 0 Å². The lowest BCUT2D eigenvalue weighted by molar-refractivity contribution is -0.116. The molecule has 0 aromatic rings. The molecule has 0 aromatic carbocycles. The molecular formula is C10H22O4. The Morgan fingerprint density at radius 2 is 1.86 bits per heavy atom. The van der Waals surface area contributed by atoms with Gasteiger partial charge in [0.1, 0.15) is 12.9 Å². The molecule has 0 amide bonds. The van der Waals surface area contributed by atoms with E-state index >= 15 is 0 Å². The highest BCUT2D eigenvalue weighted by Crippen LogP contribution is 1.96. The lowest BCUT2D eigenvalue weighted by Gasteiger charge is -2.16. The summed E-state index contributed by atoms with van der Waals surface area (Å²) in [7, 11) is 3.25. The summed E-state index contributed by atoms with van der Waals surface area (Å²) in [5.74, 6) is 0. The fourth-order valence-corrected chi connectivity index (χ4v) is 0.956. The average Bonchev–Trinajstić information content (AvgIpc) is 2.20. The van der Waals surface area contributed by atoms with Crippen LogP contribution in [-0.2, 0) is 18.9 Å². The van der Waals surface area contributed by atoms with Gasteiger partial charge in [-0.15, -0.1) is 0 Å². The van der Waals surface area contributed by atoms with Gasteiger partial charge < -0.3 is 18.9 Å². The second-order valence-electron chi connectivity index (χ2n) is 3.08. The van der Waals surface area contributed by atoms with Crippen LogP contribution in [0, 0.1) is 0 Å². The van der Waals surface area contributed by atoms with E-state index in [1.807, 2.05) is 0 Å². The van der Waals surface area contributed by atoms with Gasteiger partial charge in [0.15, 0.2) is 0 Å². The molecule has 1 atom stereocenters. The first-order valence-electron chi connectivity index (χ1n) is 5.02. The Balaban J connectivity index is 3.40. The quantitative estimate of drug-likeness (QED) is 0.400. The molecule has 0 aliphatic heterocycles. The summed E-state index contributed by atoms with van der Waals surface area (Å²) in [6, 6.07) is 0. The van der Waals surface area contributed by atoms with Gasteiger partial charge in [-0.05, 0) is 6.42 Å². The lowest BCUT2D eigenvalue weighted by atomic mass is 10.3. The van der Waals surface area contributed by atoms with Crippen LogP contribution in [0.4, 0.5) is 0 Å². The zero-order valence-corrected chi connectivity index (χ0v) is 9.45. The van der Waals surface area contributed by atoms with Gasteiger partial charge >= 0.3 is 0 Å². The number of hydrogen-bond donors (Lipinski definition) is 0. The molecule has 0 fully saturated rings. The standard InChI is InChI=1S/C10H22O4/c1-4-5-6-13-8-10(7-11-2)14-9-12-3/h10H,4-9H2,1-3H3. The van der Waals surface area contributed by atoms with Crippen molar-refractivity contribution < 1.29 is 18.9 Å². The van der Waals surface area contributed by atoms with E-state index in [9.17, 15) is 0 Å². The topological polar surface area (TPSA) is 36.9 Å². The molecule has 0 aromatic heterocycles. The van der Waals surface area contributed by atoms with E-state index in [2.05, 4.69) is 6.92 Å². The number of ether oxygens (including phenoxy) is 4. The van der Waals surface area contributed by atoms with Gasteiger partial charge in [0.25, 0.3) is 0 Å². The Labute approximate surface area is 86.5 Å². The van der Waals surface area contributed by atoms with E-state index in [1.54, 1.807) is 14.2 Å². The molecule has 4 nitrogen and oxygen atoms in total. The third-order valence-corrected chi connectivity index (χ3v) is 1.72. The molecule has 0 aliphatic rings. The Morgan fingerprint density at radius 3 is 2.43 bits per heavy atom. The van der Waals surface area contributed by atoms with Crippen molar-refractivity contribution in [2.24, 2.45) is 0 Å². The van der Waals surface area contributed by atoms with Crippen molar-refractivity contribution in [2.45, 2.75) is 25.9 Å². The third-order valence-electron chi connectivity index (χ3n) is 1.72. The van der Waals surface area contributed by atoms with Gasteiger partial charge in [-0.2, -0.15) is 0 Å². The monoisotopic (exact) mass is 206 g/mol. The first-order valence-corrected chi connectivity index (χ1v) is 5.02. The molecule has 0 rings (SSSR count). The maximum Gasteiger partial charge on any atom is 0.146 e. The van der Waals surface area contributed by atoms with Crippen molar-refractivity contribution in [1.29, 1.82) is 0 Å². The number of unbranched alkanes of at least 4 members (excludes halogenated alkanes) is 1. The van der Waals surface area contributed by atoms with Crippen molar-refractivity contribution in [1.82, 2.24) is 0 Å². The molecule has 0 radical (unpaired) electrons. The average molecular weight is 206 g/mol. The van der Waals surface area contributed by atoms with Gasteiger partial charge in [-0.3, -0.25) is 0 Å². The van der Waals surface area contributed by atoms with Gasteiger partial charge in [-0.25, -0.2) is 0 Å². The molecule has 0 heterocycles. The molecule has 86 valence electrons. The Bertz CT molecular complexity index is 108. The highest BCUT2D eigenvalue weighted by atomic mass is 16.7. The van der Waals surface area contributed by atoms with Crippen LogP contribution < -0.4 is 0 Å². The van der Waals surface area contributed by atoms with Crippen LogP contribution in [-0.4, -0.2) is 46.9 Å². The molecule has 0 saturated heterocycles. The number of methoxy groups -OCH3 is 2. The zero-order valence-electron chi connectivity index (χ0n) is 9.45. The molecule has 4 heteroatoms. The van der Waals surface area contributed by atoms with E-state index in [-0.39, 0.29) is 12.9 Å². The Hall–Kier alpha value is -0.160. The summed E-state index contributed by atoms with van der Waals surface area (Å²) in [6.45, 7) is 4.31. The molecule has 1 unspecified atom stereocenters. The van der Waals surface area contributed by atoms with Crippen molar-refractivity contribution in [3.8, 4) is 0 Å². The highest BCUT2D eigenvalue weighted by Gasteiger charge is 2.08. The second-order valence-corrected chi connectivity index (χ2v) is 3.08. The predicted octanol–water partition coefficient (Wildman–Crippen LogP) is 1.44. The van der Waals surface area contributed by atoms with Gasteiger partial charge in [0.2, 0.25) is 0 Å². The Kier molecular flexibility index (Phi) is 10.8. The first kappa shape index (κ1) is 13.8. The van der Waals surface area contributed by atoms with Gasteiger partial charge in [-0.1, -0.05) is 13.3 Å². The summed E-state index contributed by atoms with van der Waals surface area (Å²) in [5, 5.41) is 0. The largest absolute Gasteiger partial charge is 0.382 e. The van der Waals surface area contributed by atoms with Crippen molar-refractivity contribution in [2.75, 3.05) is 40.8 Å². The third kappa shape index (κ3) is 8.44. The Morgan fingerprint density at radius 1 is 1.07 bits per heavy atom. The molecular weight excluding hydrogens is 184 g/mol. The van der Waals surface area contributed by atoms with Gasteiger partial charge in [0, 0.05) is 20.8 Å². The second kappa shape index (κ2) is 10.9. The van der Waals surface area contributed by atoms with Crippen LogP contribution in [0.5, 0.6) is 0 Å². The number of hydrogen-bond acceptors (Lipinski definition) is 4. The summed E-state index contributed by atoms with van der Waals surface area (Å²) < 4.78 is 20.6. The lowest BCUT2D eigenvalue weighted by Crippen LogP contribution is -2.26. The van der Waals surface area contributed by atoms with Crippen molar-refractivity contribution in [3.05, 3.63) is 0 Å². The van der Waals surface area contributed by atoms with E-state index in [1.165, 1.54) is 0 Å². The SMILES string of the molecule is CCCCOCC(COC)OCOC. The molecule has 0 saturated carbocycles. The summed E-state index contributed by atoms with van der Waals surface area (Å²) in [4.78, 5) is 0. The first-order chi connectivity index (χ1) is 6.85. The van der Waals surface area contributed by atoms with Gasteiger partial charge in [0.05, 0.1) is 13.2 Å². The maximum absolute atomic E-state index is 5.43. The van der Waals surface area contributed by atoms with Crippen LogP contribution in [0.1, 0.15) is 19.8 Å². The van der Waals surface area contributed by atoms with Crippen LogP contribution in [0.2, 0.25) is 0 Å². The van der Waals surface area contributed by atoms with Crippen molar-refractivity contribution >= 4 is 0 Å². The smallest absolute Gasteiger partial charge is 0.146 e. The zero-order chi connectivity index (χ0) is 10.6. The normalized spacial score (nSPS) is 13.1. The summed E-state index contributed by atoms with van der Waals surface area (Å²) >= 11 is 0. The minimum absolute atomic E-state index is 0.0307. The molecule has 0 N–H and O–H groups in total. The van der Waals surface area contributed by atoms with Crippen molar-refractivity contribution in [3.63, 3.8) is 0 Å². The summed E-state index contributed by atoms with van der Waals surface area (Å²) in [6.07, 6.45) is 2.20. The predicted molar refractivity (Wildman–Crippen MR) is 54.4 cm³/mol. The molecule has 0 bridgehead atoms. The fourth-order valence-electron chi connectivity index (χ4n) is 0.956. The summed E-state index contributed by atoms with van der Waals surface area (Å²) in [5.41, 5.74) is 0. The van der Waals surface area contributed by atoms with E-state index in [0.717, 1.165) is 19.4 Å². The molecule has 0 spiro atoms. The molecule has 14 heavy (non-hydrogen) atoms. The minimum atomic E-state index is -0.0307. The fraction of sp³-hybridized carbons (Fsp3) is 1.00. The minimum Gasteiger partial charge on any atom is -0.382 e.